The first kappa shape index (κ1) is 12.9. The third-order valence-electron chi connectivity index (χ3n) is 3.28. The maximum Gasteiger partial charge on any atom is 0.197 e. The Bertz CT molecular complexity index is 856. The molecule has 3 aromatic rings. The Morgan fingerprint density at radius 1 is 1.15 bits per heavy atom. The van der Waals surface area contributed by atoms with Crippen molar-refractivity contribution in [1.82, 2.24) is 4.98 Å². The molecule has 0 fully saturated rings. The van der Waals surface area contributed by atoms with Crippen molar-refractivity contribution in [2.75, 3.05) is 0 Å². The maximum absolute atomic E-state index is 13.9. The number of fused-ring (bicyclic) bond motifs is 1. The topological polar surface area (TPSA) is 32.9 Å². The Hall–Kier alpha value is -2.13. The van der Waals surface area contributed by atoms with Crippen LogP contribution in [0.5, 0.6) is 0 Å². The van der Waals surface area contributed by atoms with E-state index in [0.29, 0.717) is 11.3 Å². The molecule has 3 rings (SSSR count). The van der Waals surface area contributed by atoms with E-state index in [4.69, 9.17) is 11.6 Å². The van der Waals surface area contributed by atoms with E-state index in [1.807, 2.05) is 30.3 Å². The summed E-state index contributed by atoms with van der Waals surface area (Å²) in [7, 11) is 0. The Morgan fingerprint density at radius 3 is 2.55 bits per heavy atom. The summed E-state index contributed by atoms with van der Waals surface area (Å²) < 4.78 is 13.9. The van der Waals surface area contributed by atoms with Gasteiger partial charge in [0.05, 0.1) is 10.9 Å². The van der Waals surface area contributed by atoms with Crippen LogP contribution in [0.3, 0.4) is 0 Å². The molecule has 0 saturated carbocycles. The summed E-state index contributed by atoms with van der Waals surface area (Å²) in [6.07, 6.45) is 0. The summed E-state index contributed by atoms with van der Waals surface area (Å²) in [5.41, 5.74) is 1.95. The van der Waals surface area contributed by atoms with Crippen LogP contribution in [0.2, 0.25) is 5.02 Å². The first-order chi connectivity index (χ1) is 9.58. The third-order valence-corrected chi connectivity index (χ3v) is 3.49. The quantitative estimate of drug-likeness (QED) is 0.711. The molecule has 1 heterocycles. The lowest BCUT2D eigenvalue weighted by Crippen LogP contribution is -2.10. The van der Waals surface area contributed by atoms with Crippen molar-refractivity contribution in [3.63, 3.8) is 0 Å². The molecule has 1 N–H and O–H groups in total. The molecule has 0 aliphatic rings. The molecule has 0 spiro atoms. The van der Waals surface area contributed by atoms with Gasteiger partial charge in [0.2, 0.25) is 0 Å². The average molecular weight is 288 g/mol. The average Bonchev–Trinajstić information content (AvgIpc) is 2.42. The van der Waals surface area contributed by atoms with Gasteiger partial charge in [0, 0.05) is 16.3 Å². The van der Waals surface area contributed by atoms with Crippen LogP contribution in [0.15, 0.2) is 47.3 Å². The molecule has 0 aliphatic heterocycles. The first-order valence-corrected chi connectivity index (χ1v) is 6.53. The number of pyridine rings is 1. The van der Waals surface area contributed by atoms with Crippen molar-refractivity contribution in [2.45, 2.75) is 6.92 Å². The molecule has 0 radical (unpaired) electrons. The lowest BCUT2D eigenvalue weighted by molar-refractivity contribution is 0.636. The molecule has 0 aliphatic carbocycles. The van der Waals surface area contributed by atoms with E-state index in [1.54, 1.807) is 6.92 Å². The highest BCUT2D eigenvalue weighted by Crippen LogP contribution is 2.24. The molecular formula is C16H11ClFNO. The normalized spacial score (nSPS) is 10.9. The van der Waals surface area contributed by atoms with Crippen molar-refractivity contribution < 1.29 is 4.39 Å². The maximum atomic E-state index is 13.9. The van der Waals surface area contributed by atoms with E-state index >= 15 is 0 Å². The minimum absolute atomic E-state index is 0.191. The van der Waals surface area contributed by atoms with Gasteiger partial charge in [-0.15, -0.1) is 0 Å². The third kappa shape index (κ3) is 2.00. The van der Waals surface area contributed by atoms with Crippen LogP contribution in [0.4, 0.5) is 4.39 Å². The standard InChI is InChI=1S/C16H11ClFNO/c1-9-14(10-5-3-2-4-6-10)16(20)12-7-11(17)8-13(18)15(12)19-9/h2-8H,1H3,(H,19,20). The Labute approximate surface area is 119 Å². The Balaban J connectivity index is 2.44. The SMILES string of the molecule is Cc1[nH]c2c(F)cc(Cl)cc2c(=O)c1-c1ccccc1. The summed E-state index contributed by atoms with van der Waals surface area (Å²) in [6.45, 7) is 1.76. The van der Waals surface area contributed by atoms with E-state index in [9.17, 15) is 9.18 Å². The number of hydrogen-bond acceptors (Lipinski definition) is 1. The van der Waals surface area contributed by atoms with Gasteiger partial charge in [-0.1, -0.05) is 41.9 Å². The molecule has 1 aromatic heterocycles. The number of aromatic amines is 1. The van der Waals surface area contributed by atoms with Crippen LogP contribution in [0.25, 0.3) is 22.0 Å². The van der Waals surface area contributed by atoms with E-state index in [1.165, 1.54) is 12.1 Å². The zero-order valence-electron chi connectivity index (χ0n) is 10.7. The molecule has 0 saturated heterocycles. The molecule has 0 amide bonds. The second-order valence-corrected chi connectivity index (χ2v) is 5.07. The van der Waals surface area contributed by atoms with Crippen molar-refractivity contribution in [3.8, 4) is 11.1 Å². The summed E-state index contributed by atoms with van der Waals surface area (Å²) in [4.78, 5) is 15.6. The van der Waals surface area contributed by atoms with Crippen LogP contribution in [0.1, 0.15) is 5.69 Å². The molecule has 0 unspecified atom stereocenters. The smallest absolute Gasteiger partial charge is 0.197 e. The van der Waals surface area contributed by atoms with E-state index < -0.39 is 5.82 Å². The molecule has 0 bridgehead atoms. The predicted molar refractivity (Wildman–Crippen MR) is 79.7 cm³/mol. The number of aromatic nitrogens is 1. The van der Waals surface area contributed by atoms with Crippen LogP contribution >= 0.6 is 11.6 Å². The molecule has 2 nitrogen and oxygen atoms in total. The van der Waals surface area contributed by atoms with Gasteiger partial charge < -0.3 is 4.98 Å². The van der Waals surface area contributed by atoms with E-state index in [0.717, 1.165) is 5.56 Å². The molecule has 2 aromatic carbocycles. The molecule has 100 valence electrons. The van der Waals surface area contributed by atoms with Crippen molar-refractivity contribution in [2.24, 2.45) is 0 Å². The Kier molecular flexibility index (Phi) is 3.07. The van der Waals surface area contributed by atoms with Gasteiger partial charge in [-0.05, 0) is 24.6 Å². The van der Waals surface area contributed by atoms with Crippen LogP contribution in [-0.2, 0) is 0 Å². The van der Waals surface area contributed by atoms with E-state index in [-0.39, 0.29) is 21.4 Å². The predicted octanol–water partition coefficient (Wildman–Crippen LogP) is 4.30. The number of nitrogens with one attached hydrogen (secondary N) is 1. The monoisotopic (exact) mass is 287 g/mol. The molecule has 0 atom stereocenters. The summed E-state index contributed by atoms with van der Waals surface area (Å²) in [5, 5.41) is 0.475. The zero-order valence-corrected chi connectivity index (χ0v) is 11.5. The highest BCUT2D eigenvalue weighted by molar-refractivity contribution is 6.31. The van der Waals surface area contributed by atoms with Crippen LogP contribution < -0.4 is 5.43 Å². The number of benzene rings is 2. The summed E-state index contributed by atoms with van der Waals surface area (Å²) >= 11 is 5.84. The minimum atomic E-state index is -0.521. The van der Waals surface area contributed by atoms with Crippen LogP contribution in [-0.4, -0.2) is 4.98 Å². The largest absolute Gasteiger partial charge is 0.356 e. The summed E-state index contributed by atoms with van der Waals surface area (Å²) in [6, 6.07) is 12.0. The fourth-order valence-electron chi connectivity index (χ4n) is 2.39. The zero-order chi connectivity index (χ0) is 14.3. The van der Waals surface area contributed by atoms with Gasteiger partial charge in [-0.3, -0.25) is 4.79 Å². The molecule has 4 heteroatoms. The number of rotatable bonds is 1. The van der Waals surface area contributed by atoms with Gasteiger partial charge >= 0.3 is 0 Å². The van der Waals surface area contributed by atoms with Gasteiger partial charge in [0.15, 0.2) is 5.43 Å². The lowest BCUT2D eigenvalue weighted by Gasteiger charge is -2.09. The summed E-state index contributed by atoms with van der Waals surface area (Å²) in [5.74, 6) is -0.521. The fourth-order valence-corrected chi connectivity index (χ4v) is 2.59. The van der Waals surface area contributed by atoms with Crippen molar-refractivity contribution >= 4 is 22.5 Å². The van der Waals surface area contributed by atoms with Crippen molar-refractivity contribution in [3.05, 3.63) is 69.2 Å². The van der Waals surface area contributed by atoms with Crippen LogP contribution in [0, 0.1) is 12.7 Å². The molecule has 20 heavy (non-hydrogen) atoms. The molecular weight excluding hydrogens is 277 g/mol. The minimum Gasteiger partial charge on any atom is -0.356 e. The number of H-pyrrole nitrogens is 1. The number of aryl methyl sites for hydroxylation is 1. The second-order valence-electron chi connectivity index (χ2n) is 4.63. The van der Waals surface area contributed by atoms with Gasteiger partial charge in [0.1, 0.15) is 5.82 Å². The highest BCUT2D eigenvalue weighted by atomic mass is 35.5. The second kappa shape index (κ2) is 4.76. The first-order valence-electron chi connectivity index (χ1n) is 6.15. The van der Waals surface area contributed by atoms with E-state index in [2.05, 4.69) is 4.98 Å². The Morgan fingerprint density at radius 2 is 1.85 bits per heavy atom. The fraction of sp³-hybridized carbons (Fsp3) is 0.0625. The van der Waals surface area contributed by atoms with Crippen molar-refractivity contribution in [1.29, 1.82) is 0 Å². The van der Waals surface area contributed by atoms with Gasteiger partial charge in [-0.25, -0.2) is 4.39 Å². The lowest BCUT2D eigenvalue weighted by atomic mass is 10.0. The van der Waals surface area contributed by atoms with Gasteiger partial charge in [-0.2, -0.15) is 0 Å². The number of hydrogen-bond donors (Lipinski definition) is 1. The highest BCUT2D eigenvalue weighted by Gasteiger charge is 2.14. The van der Waals surface area contributed by atoms with Gasteiger partial charge in [0.25, 0.3) is 0 Å². The number of halogens is 2.